The summed E-state index contributed by atoms with van der Waals surface area (Å²) in [6.07, 6.45) is 1.61. The van der Waals surface area contributed by atoms with Gasteiger partial charge in [0.05, 0.1) is 0 Å². The van der Waals surface area contributed by atoms with Crippen LogP contribution < -0.4 is 0 Å². The Morgan fingerprint density at radius 1 is 1.00 bits per heavy atom. The van der Waals surface area contributed by atoms with Crippen molar-refractivity contribution in [3.05, 3.63) is 59.2 Å². The molecule has 20 heavy (non-hydrogen) atoms. The molecular weight excluding hydrogens is 248 g/mol. The van der Waals surface area contributed by atoms with Crippen LogP contribution in [0.25, 0.3) is 11.1 Å². The molecule has 2 aromatic carbocycles. The van der Waals surface area contributed by atoms with E-state index in [1.807, 2.05) is 43.3 Å². The average Bonchev–Trinajstić information content (AvgIpc) is 2.85. The highest BCUT2D eigenvalue weighted by Gasteiger charge is 2.18. The highest BCUT2D eigenvalue weighted by molar-refractivity contribution is 5.97. The number of benzene rings is 2. The smallest absolute Gasteiger partial charge is 0.162 e. The van der Waals surface area contributed by atoms with Crippen LogP contribution in [0.2, 0.25) is 0 Å². The molecule has 0 aromatic heterocycles. The Kier molecular flexibility index (Phi) is 3.23. The van der Waals surface area contributed by atoms with Crippen LogP contribution in [0.15, 0.2) is 42.5 Å². The van der Waals surface area contributed by atoms with Gasteiger partial charge in [-0.2, -0.15) is 0 Å². The molecular formula is C18H16O2. The molecule has 1 aliphatic carbocycles. The molecule has 0 bridgehead atoms. The maximum Gasteiger partial charge on any atom is 0.162 e. The van der Waals surface area contributed by atoms with Crippen molar-refractivity contribution >= 4 is 11.6 Å². The van der Waals surface area contributed by atoms with Crippen LogP contribution >= 0.6 is 0 Å². The fourth-order valence-corrected chi connectivity index (χ4v) is 2.71. The zero-order chi connectivity index (χ0) is 14.1. The summed E-state index contributed by atoms with van der Waals surface area (Å²) in [5, 5.41) is 0. The molecule has 0 spiro atoms. The van der Waals surface area contributed by atoms with Crippen LogP contribution in [0.4, 0.5) is 0 Å². The number of carbonyl (C=O) groups excluding carboxylic acids is 2. The van der Waals surface area contributed by atoms with Crippen molar-refractivity contribution in [1.82, 2.24) is 0 Å². The standard InChI is InChI=1S/C18H16O2/c1-2-18(20)15-5-3-4-12(8-15)13-6-7-14-10-17(19)11-16(14)9-13/h3-9H,2,10-11H2,1H3. The van der Waals surface area contributed by atoms with Crippen molar-refractivity contribution in [3.8, 4) is 11.1 Å². The number of hydrogen-bond donors (Lipinski definition) is 0. The molecule has 100 valence electrons. The summed E-state index contributed by atoms with van der Waals surface area (Å²) in [6.45, 7) is 1.87. The number of carbonyl (C=O) groups is 2. The van der Waals surface area contributed by atoms with E-state index in [2.05, 4.69) is 6.07 Å². The van der Waals surface area contributed by atoms with Crippen molar-refractivity contribution in [2.24, 2.45) is 0 Å². The molecule has 0 N–H and O–H groups in total. The first kappa shape index (κ1) is 12.8. The number of hydrogen-bond acceptors (Lipinski definition) is 2. The molecule has 3 rings (SSSR count). The van der Waals surface area contributed by atoms with E-state index in [0.717, 1.165) is 27.8 Å². The fourth-order valence-electron chi connectivity index (χ4n) is 2.71. The zero-order valence-corrected chi connectivity index (χ0v) is 11.5. The second-order valence-electron chi connectivity index (χ2n) is 5.23. The van der Waals surface area contributed by atoms with E-state index in [1.54, 1.807) is 0 Å². The number of ketones is 2. The van der Waals surface area contributed by atoms with Crippen LogP contribution in [0.5, 0.6) is 0 Å². The van der Waals surface area contributed by atoms with Crippen LogP contribution in [-0.4, -0.2) is 11.6 Å². The Labute approximate surface area is 118 Å². The van der Waals surface area contributed by atoms with Gasteiger partial charge in [0.1, 0.15) is 5.78 Å². The van der Waals surface area contributed by atoms with E-state index in [4.69, 9.17) is 0 Å². The summed E-state index contributed by atoms with van der Waals surface area (Å²) < 4.78 is 0. The summed E-state index contributed by atoms with van der Waals surface area (Å²) in [4.78, 5) is 23.3. The minimum atomic E-state index is 0.156. The van der Waals surface area contributed by atoms with E-state index in [-0.39, 0.29) is 11.6 Å². The molecule has 0 saturated heterocycles. The molecule has 2 aromatic rings. The predicted molar refractivity (Wildman–Crippen MR) is 78.9 cm³/mol. The van der Waals surface area contributed by atoms with Gasteiger partial charge in [-0.05, 0) is 28.3 Å². The van der Waals surface area contributed by atoms with E-state index in [0.29, 0.717) is 19.3 Å². The Morgan fingerprint density at radius 3 is 2.55 bits per heavy atom. The second kappa shape index (κ2) is 5.04. The van der Waals surface area contributed by atoms with E-state index >= 15 is 0 Å². The van der Waals surface area contributed by atoms with Gasteiger partial charge in [0, 0.05) is 24.8 Å². The van der Waals surface area contributed by atoms with E-state index in [1.165, 1.54) is 0 Å². The van der Waals surface area contributed by atoms with Gasteiger partial charge in [-0.1, -0.05) is 43.3 Å². The van der Waals surface area contributed by atoms with Gasteiger partial charge in [0.15, 0.2) is 5.78 Å². The Hall–Kier alpha value is -2.22. The fraction of sp³-hybridized carbons (Fsp3) is 0.222. The molecule has 0 fully saturated rings. The molecule has 1 aliphatic rings. The number of Topliss-reactive ketones (excluding diaryl/α,β-unsaturated/α-hetero) is 2. The Balaban J connectivity index is 2.00. The summed E-state index contributed by atoms with van der Waals surface area (Å²) in [7, 11) is 0. The minimum Gasteiger partial charge on any atom is -0.299 e. The largest absolute Gasteiger partial charge is 0.299 e. The van der Waals surface area contributed by atoms with Gasteiger partial charge >= 0.3 is 0 Å². The summed E-state index contributed by atoms with van der Waals surface area (Å²) in [5.41, 5.74) is 5.12. The van der Waals surface area contributed by atoms with Gasteiger partial charge in [0.2, 0.25) is 0 Å². The van der Waals surface area contributed by atoms with E-state index in [9.17, 15) is 9.59 Å². The lowest BCUT2D eigenvalue weighted by Crippen LogP contribution is -1.96. The summed E-state index contributed by atoms with van der Waals surface area (Å²) in [5.74, 6) is 0.440. The van der Waals surface area contributed by atoms with Crippen LogP contribution in [0.1, 0.15) is 34.8 Å². The topological polar surface area (TPSA) is 34.1 Å². The molecule has 0 amide bonds. The lowest BCUT2D eigenvalue weighted by Gasteiger charge is -2.06. The minimum absolute atomic E-state index is 0.156. The molecule has 0 unspecified atom stereocenters. The lowest BCUT2D eigenvalue weighted by atomic mass is 9.98. The van der Waals surface area contributed by atoms with Crippen LogP contribution in [0.3, 0.4) is 0 Å². The number of rotatable bonds is 3. The quantitative estimate of drug-likeness (QED) is 0.793. The average molecular weight is 264 g/mol. The molecule has 0 atom stereocenters. The second-order valence-corrected chi connectivity index (χ2v) is 5.23. The first-order valence-corrected chi connectivity index (χ1v) is 6.94. The van der Waals surface area contributed by atoms with Crippen molar-refractivity contribution in [2.45, 2.75) is 26.2 Å². The van der Waals surface area contributed by atoms with Gasteiger partial charge in [0.25, 0.3) is 0 Å². The summed E-state index contributed by atoms with van der Waals surface area (Å²) in [6, 6.07) is 13.9. The highest BCUT2D eigenvalue weighted by Crippen LogP contribution is 2.27. The highest BCUT2D eigenvalue weighted by atomic mass is 16.1. The molecule has 0 aliphatic heterocycles. The monoisotopic (exact) mass is 264 g/mol. The first-order chi connectivity index (χ1) is 9.67. The van der Waals surface area contributed by atoms with E-state index < -0.39 is 0 Å². The first-order valence-electron chi connectivity index (χ1n) is 6.94. The zero-order valence-electron chi connectivity index (χ0n) is 11.5. The van der Waals surface area contributed by atoms with Crippen molar-refractivity contribution in [3.63, 3.8) is 0 Å². The number of fused-ring (bicyclic) bond motifs is 1. The van der Waals surface area contributed by atoms with Crippen LogP contribution in [0, 0.1) is 0 Å². The van der Waals surface area contributed by atoms with Crippen molar-refractivity contribution in [1.29, 1.82) is 0 Å². The SMILES string of the molecule is CCC(=O)c1cccc(-c2ccc3c(c2)CC(=O)C3)c1. The third-order valence-electron chi connectivity index (χ3n) is 3.82. The Morgan fingerprint density at radius 2 is 1.75 bits per heavy atom. The van der Waals surface area contributed by atoms with Gasteiger partial charge < -0.3 is 0 Å². The van der Waals surface area contributed by atoms with Crippen molar-refractivity contribution in [2.75, 3.05) is 0 Å². The third-order valence-corrected chi connectivity index (χ3v) is 3.82. The maximum atomic E-state index is 11.8. The molecule has 2 nitrogen and oxygen atoms in total. The summed E-state index contributed by atoms with van der Waals surface area (Å²) >= 11 is 0. The molecule has 0 saturated carbocycles. The van der Waals surface area contributed by atoms with Gasteiger partial charge in [-0.25, -0.2) is 0 Å². The van der Waals surface area contributed by atoms with Gasteiger partial charge in [-0.3, -0.25) is 9.59 Å². The normalized spacial score (nSPS) is 13.3. The van der Waals surface area contributed by atoms with Crippen LogP contribution in [-0.2, 0) is 17.6 Å². The maximum absolute atomic E-state index is 11.8. The molecule has 0 radical (unpaired) electrons. The van der Waals surface area contributed by atoms with Crippen molar-refractivity contribution < 1.29 is 9.59 Å². The molecule has 2 heteroatoms. The lowest BCUT2D eigenvalue weighted by molar-refractivity contribution is -0.117. The molecule has 0 heterocycles. The van der Waals surface area contributed by atoms with Gasteiger partial charge in [-0.15, -0.1) is 0 Å². The predicted octanol–water partition coefficient (Wildman–Crippen LogP) is 3.61. The Bertz CT molecular complexity index is 698. The third kappa shape index (κ3) is 2.29.